The molecule has 0 spiro atoms. The van der Waals surface area contributed by atoms with Gasteiger partial charge in [0.2, 0.25) is 5.91 Å². The summed E-state index contributed by atoms with van der Waals surface area (Å²) in [5.74, 6) is 0.337. The Bertz CT molecular complexity index is 452. The highest BCUT2D eigenvalue weighted by atomic mass is 35.5. The average Bonchev–Trinajstić information content (AvgIpc) is 2.42. The van der Waals surface area contributed by atoms with Crippen LogP contribution in [0.5, 0.6) is 0 Å². The standard InChI is InChI=1S/C16H20ClNO/c1-12(11-13-7-9-15(17)10-8-13)18-16(19)14-5-3-2-4-6-14/h2-3,7-10,12,14H,4-6,11H2,1H3,(H,18,19)/t12-,14+/m0/s1. The van der Waals surface area contributed by atoms with Crippen LogP contribution in [0, 0.1) is 5.92 Å². The fourth-order valence-corrected chi connectivity index (χ4v) is 2.54. The van der Waals surface area contributed by atoms with Crippen LogP contribution in [-0.2, 0) is 11.2 Å². The lowest BCUT2D eigenvalue weighted by molar-refractivity contribution is -0.125. The third kappa shape index (κ3) is 4.39. The van der Waals surface area contributed by atoms with Gasteiger partial charge < -0.3 is 5.32 Å². The van der Waals surface area contributed by atoms with Crippen LogP contribution in [0.4, 0.5) is 0 Å². The Morgan fingerprint density at radius 3 is 2.74 bits per heavy atom. The van der Waals surface area contributed by atoms with E-state index in [1.165, 1.54) is 5.56 Å². The number of benzene rings is 1. The zero-order valence-electron chi connectivity index (χ0n) is 11.2. The molecule has 0 unspecified atom stereocenters. The third-order valence-electron chi connectivity index (χ3n) is 3.48. The van der Waals surface area contributed by atoms with E-state index in [4.69, 9.17) is 11.6 Å². The zero-order chi connectivity index (χ0) is 13.7. The molecule has 1 aliphatic carbocycles. The van der Waals surface area contributed by atoms with Crippen molar-refractivity contribution >= 4 is 17.5 Å². The molecule has 19 heavy (non-hydrogen) atoms. The normalized spacial score (nSPS) is 20.0. The zero-order valence-corrected chi connectivity index (χ0v) is 12.0. The summed E-state index contributed by atoms with van der Waals surface area (Å²) < 4.78 is 0. The van der Waals surface area contributed by atoms with Crippen LogP contribution < -0.4 is 5.32 Å². The predicted octanol–water partition coefficient (Wildman–Crippen LogP) is 3.74. The first-order valence-electron chi connectivity index (χ1n) is 6.85. The van der Waals surface area contributed by atoms with Crippen LogP contribution in [0.25, 0.3) is 0 Å². The number of carbonyl (C=O) groups is 1. The number of halogens is 1. The van der Waals surface area contributed by atoms with Crippen molar-refractivity contribution in [3.8, 4) is 0 Å². The van der Waals surface area contributed by atoms with Crippen molar-refractivity contribution in [2.45, 2.75) is 38.6 Å². The molecule has 0 aromatic heterocycles. The van der Waals surface area contributed by atoms with E-state index in [-0.39, 0.29) is 17.9 Å². The molecule has 0 heterocycles. The van der Waals surface area contributed by atoms with Gasteiger partial charge >= 0.3 is 0 Å². The summed E-state index contributed by atoms with van der Waals surface area (Å²) in [7, 11) is 0. The summed E-state index contributed by atoms with van der Waals surface area (Å²) in [6, 6.07) is 7.94. The van der Waals surface area contributed by atoms with Crippen molar-refractivity contribution in [3.63, 3.8) is 0 Å². The van der Waals surface area contributed by atoms with Gasteiger partial charge in [-0.1, -0.05) is 35.9 Å². The Morgan fingerprint density at radius 2 is 2.11 bits per heavy atom. The second kappa shape index (κ2) is 6.76. The number of rotatable bonds is 4. The fraction of sp³-hybridized carbons (Fsp3) is 0.438. The van der Waals surface area contributed by atoms with Gasteiger partial charge in [0.05, 0.1) is 0 Å². The monoisotopic (exact) mass is 277 g/mol. The van der Waals surface area contributed by atoms with E-state index in [1.807, 2.05) is 31.2 Å². The van der Waals surface area contributed by atoms with Crippen molar-refractivity contribution in [3.05, 3.63) is 47.0 Å². The second-order valence-corrected chi connectivity index (χ2v) is 5.66. The Labute approximate surface area is 119 Å². The fourth-order valence-electron chi connectivity index (χ4n) is 2.42. The second-order valence-electron chi connectivity index (χ2n) is 5.22. The summed E-state index contributed by atoms with van der Waals surface area (Å²) in [6.45, 7) is 2.05. The Hall–Kier alpha value is -1.28. The molecule has 2 atom stereocenters. The summed E-state index contributed by atoms with van der Waals surface area (Å²) in [6.07, 6.45) is 7.96. The number of hydrogen-bond donors (Lipinski definition) is 1. The van der Waals surface area contributed by atoms with Gasteiger partial charge in [-0.3, -0.25) is 4.79 Å². The Balaban J connectivity index is 1.83. The lowest BCUT2D eigenvalue weighted by Crippen LogP contribution is -2.38. The molecular formula is C16H20ClNO. The molecule has 0 saturated carbocycles. The van der Waals surface area contributed by atoms with Gasteiger partial charge in [0.15, 0.2) is 0 Å². The van der Waals surface area contributed by atoms with Crippen LogP contribution >= 0.6 is 11.6 Å². The molecule has 3 heteroatoms. The van der Waals surface area contributed by atoms with E-state index in [0.29, 0.717) is 0 Å². The number of amides is 1. The highest BCUT2D eigenvalue weighted by molar-refractivity contribution is 6.30. The van der Waals surface area contributed by atoms with Crippen molar-refractivity contribution in [1.29, 1.82) is 0 Å². The van der Waals surface area contributed by atoms with E-state index in [9.17, 15) is 4.79 Å². The van der Waals surface area contributed by atoms with Crippen molar-refractivity contribution in [2.75, 3.05) is 0 Å². The number of hydrogen-bond acceptors (Lipinski definition) is 1. The van der Waals surface area contributed by atoms with Crippen molar-refractivity contribution in [1.82, 2.24) is 5.32 Å². The van der Waals surface area contributed by atoms with Gasteiger partial charge in [-0.05, 0) is 50.3 Å². The van der Waals surface area contributed by atoms with Gasteiger partial charge in [0, 0.05) is 17.0 Å². The molecule has 2 nitrogen and oxygen atoms in total. The number of nitrogens with one attached hydrogen (secondary N) is 1. The van der Waals surface area contributed by atoms with E-state index in [2.05, 4.69) is 17.5 Å². The Morgan fingerprint density at radius 1 is 1.37 bits per heavy atom. The lowest BCUT2D eigenvalue weighted by Gasteiger charge is -2.21. The maximum Gasteiger partial charge on any atom is 0.223 e. The molecule has 2 rings (SSSR count). The van der Waals surface area contributed by atoms with Crippen molar-refractivity contribution in [2.24, 2.45) is 5.92 Å². The first-order chi connectivity index (χ1) is 9.15. The highest BCUT2D eigenvalue weighted by Crippen LogP contribution is 2.18. The van der Waals surface area contributed by atoms with Crippen LogP contribution in [0.1, 0.15) is 31.7 Å². The molecule has 102 valence electrons. The smallest absolute Gasteiger partial charge is 0.223 e. The summed E-state index contributed by atoms with van der Waals surface area (Å²) in [5, 5.41) is 3.85. The van der Waals surface area contributed by atoms with Crippen LogP contribution in [-0.4, -0.2) is 11.9 Å². The minimum absolute atomic E-state index is 0.151. The molecule has 1 aromatic rings. The van der Waals surface area contributed by atoms with Crippen LogP contribution in [0.2, 0.25) is 5.02 Å². The first-order valence-corrected chi connectivity index (χ1v) is 7.23. The maximum atomic E-state index is 12.1. The lowest BCUT2D eigenvalue weighted by atomic mass is 9.93. The molecule has 1 aromatic carbocycles. The van der Waals surface area contributed by atoms with Gasteiger partial charge in [-0.15, -0.1) is 0 Å². The summed E-state index contributed by atoms with van der Waals surface area (Å²) in [5.41, 5.74) is 1.20. The minimum atomic E-state index is 0.151. The molecule has 0 fully saturated rings. The van der Waals surface area contributed by atoms with Crippen LogP contribution in [0.3, 0.4) is 0 Å². The maximum absolute atomic E-state index is 12.1. The number of allylic oxidation sites excluding steroid dienone is 2. The number of carbonyl (C=O) groups excluding carboxylic acids is 1. The van der Waals surface area contributed by atoms with Gasteiger partial charge in [-0.25, -0.2) is 0 Å². The van der Waals surface area contributed by atoms with Crippen molar-refractivity contribution < 1.29 is 4.79 Å². The van der Waals surface area contributed by atoms with Crippen LogP contribution in [0.15, 0.2) is 36.4 Å². The van der Waals surface area contributed by atoms with E-state index in [1.54, 1.807) is 0 Å². The predicted molar refractivity (Wildman–Crippen MR) is 79.2 cm³/mol. The topological polar surface area (TPSA) is 29.1 Å². The summed E-state index contributed by atoms with van der Waals surface area (Å²) in [4.78, 5) is 12.1. The van der Waals surface area contributed by atoms with Gasteiger partial charge in [0.25, 0.3) is 0 Å². The Kier molecular flexibility index (Phi) is 5.03. The minimum Gasteiger partial charge on any atom is -0.353 e. The largest absolute Gasteiger partial charge is 0.353 e. The molecule has 0 bridgehead atoms. The first kappa shape index (κ1) is 14.1. The van der Waals surface area contributed by atoms with E-state index >= 15 is 0 Å². The molecule has 0 aliphatic heterocycles. The average molecular weight is 278 g/mol. The highest BCUT2D eigenvalue weighted by Gasteiger charge is 2.19. The summed E-state index contributed by atoms with van der Waals surface area (Å²) >= 11 is 5.86. The quantitative estimate of drug-likeness (QED) is 0.835. The van der Waals surface area contributed by atoms with Gasteiger partial charge in [-0.2, -0.15) is 0 Å². The SMILES string of the molecule is C[C@@H](Cc1ccc(Cl)cc1)NC(=O)[C@@H]1CC=CCC1. The third-order valence-corrected chi connectivity index (χ3v) is 3.74. The van der Waals surface area contributed by atoms with E-state index < -0.39 is 0 Å². The molecule has 1 N–H and O–H groups in total. The molecule has 0 radical (unpaired) electrons. The molecular weight excluding hydrogens is 258 g/mol. The van der Waals surface area contributed by atoms with E-state index in [0.717, 1.165) is 30.7 Å². The molecule has 1 aliphatic rings. The molecule has 1 amide bonds. The van der Waals surface area contributed by atoms with Gasteiger partial charge in [0.1, 0.15) is 0 Å². The molecule has 0 saturated heterocycles.